The Bertz CT molecular complexity index is 193. The first-order chi connectivity index (χ1) is 6.33. The highest BCUT2D eigenvalue weighted by atomic mass is 35.5. The van der Waals surface area contributed by atoms with Crippen molar-refractivity contribution < 1.29 is 4.79 Å². The number of halogens is 1. The molecule has 1 aliphatic rings. The van der Waals surface area contributed by atoms with Gasteiger partial charge in [-0.15, -0.1) is 24.2 Å². The van der Waals surface area contributed by atoms with E-state index >= 15 is 0 Å². The fraction of sp³-hybridized carbons (Fsp3) is 0.667. The molecule has 0 radical (unpaired) electrons. The van der Waals surface area contributed by atoms with Crippen LogP contribution in [0, 0.1) is 0 Å². The Morgan fingerprint density at radius 2 is 2.43 bits per heavy atom. The molecule has 0 aromatic carbocycles. The average molecular weight is 237 g/mol. The van der Waals surface area contributed by atoms with E-state index in [-0.39, 0.29) is 18.3 Å². The monoisotopic (exact) mass is 236 g/mol. The second-order valence-corrected chi connectivity index (χ2v) is 3.83. The van der Waals surface area contributed by atoms with E-state index in [1.165, 1.54) is 11.8 Å². The second-order valence-electron chi connectivity index (χ2n) is 3.09. The van der Waals surface area contributed by atoms with Gasteiger partial charge in [0.1, 0.15) is 0 Å². The smallest absolute Gasteiger partial charge is 0.244 e. The van der Waals surface area contributed by atoms with Crippen molar-refractivity contribution in [1.29, 1.82) is 0 Å². The van der Waals surface area contributed by atoms with Crippen LogP contribution in [0.1, 0.15) is 12.8 Å². The summed E-state index contributed by atoms with van der Waals surface area (Å²) in [5.41, 5.74) is 0. The predicted octanol–water partition coefficient (Wildman–Crippen LogP) is 1.15. The molecule has 82 valence electrons. The molecular weight excluding hydrogens is 220 g/mol. The summed E-state index contributed by atoms with van der Waals surface area (Å²) in [4.78, 5) is 11.2. The molecular formula is C9H17ClN2OS. The zero-order valence-corrected chi connectivity index (χ0v) is 9.92. The van der Waals surface area contributed by atoms with Crippen LogP contribution in [0.3, 0.4) is 0 Å². The fourth-order valence-corrected chi connectivity index (χ4v) is 1.61. The zero-order valence-electron chi connectivity index (χ0n) is 8.29. The normalized spacial score (nSPS) is 21.6. The summed E-state index contributed by atoms with van der Waals surface area (Å²) in [6.07, 6.45) is 5.76. The molecule has 1 atom stereocenters. The minimum Gasteiger partial charge on any atom is -0.349 e. The van der Waals surface area contributed by atoms with Crippen LogP contribution in [0.15, 0.2) is 11.5 Å². The quantitative estimate of drug-likeness (QED) is 0.723. The lowest BCUT2D eigenvalue weighted by molar-refractivity contribution is -0.117. The van der Waals surface area contributed by atoms with Crippen molar-refractivity contribution in [3.63, 3.8) is 0 Å². The molecule has 0 unspecified atom stereocenters. The number of hydrogen-bond acceptors (Lipinski definition) is 3. The maximum absolute atomic E-state index is 11.2. The Morgan fingerprint density at radius 3 is 3.00 bits per heavy atom. The Labute approximate surface area is 95.5 Å². The van der Waals surface area contributed by atoms with Crippen molar-refractivity contribution >= 4 is 30.1 Å². The highest BCUT2D eigenvalue weighted by molar-refractivity contribution is 8.01. The Balaban J connectivity index is 0.00000169. The first kappa shape index (κ1) is 13.8. The average Bonchev–Trinajstić information content (AvgIpc) is 2.16. The molecule has 2 N–H and O–H groups in total. The topological polar surface area (TPSA) is 41.1 Å². The molecule has 0 saturated carbocycles. The Morgan fingerprint density at radius 1 is 1.64 bits per heavy atom. The third-order valence-electron chi connectivity index (χ3n) is 2.00. The van der Waals surface area contributed by atoms with Crippen molar-refractivity contribution in [3.8, 4) is 0 Å². The van der Waals surface area contributed by atoms with Gasteiger partial charge in [-0.2, -0.15) is 0 Å². The molecule has 0 bridgehead atoms. The minimum atomic E-state index is 0. The molecule has 1 aliphatic heterocycles. The van der Waals surface area contributed by atoms with Gasteiger partial charge in [-0.1, -0.05) is 0 Å². The van der Waals surface area contributed by atoms with Crippen LogP contribution in [0.5, 0.6) is 0 Å². The van der Waals surface area contributed by atoms with Gasteiger partial charge in [-0.25, -0.2) is 0 Å². The number of amides is 1. The third-order valence-corrected chi connectivity index (χ3v) is 2.41. The summed E-state index contributed by atoms with van der Waals surface area (Å²) in [5.74, 6) is 0.0167. The number of hydrogen-bond donors (Lipinski definition) is 2. The molecule has 1 saturated heterocycles. The van der Waals surface area contributed by atoms with E-state index in [1.807, 2.05) is 6.26 Å². The van der Waals surface area contributed by atoms with E-state index in [2.05, 4.69) is 10.6 Å². The number of carbonyl (C=O) groups is 1. The van der Waals surface area contributed by atoms with E-state index in [0.717, 1.165) is 25.9 Å². The van der Waals surface area contributed by atoms with Crippen LogP contribution in [-0.4, -0.2) is 31.3 Å². The lowest BCUT2D eigenvalue weighted by Gasteiger charge is -2.23. The summed E-state index contributed by atoms with van der Waals surface area (Å²) in [6, 6.07) is 0.313. The summed E-state index contributed by atoms with van der Waals surface area (Å²) in [7, 11) is 0. The lowest BCUT2D eigenvalue weighted by Crippen LogP contribution is -2.45. The van der Waals surface area contributed by atoms with Crippen LogP contribution < -0.4 is 10.6 Å². The minimum absolute atomic E-state index is 0. The molecule has 1 fully saturated rings. The summed E-state index contributed by atoms with van der Waals surface area (Å²) in [5, 5.41) is 8.00. The largest absolute Gasteiger partial charge is 0.349 e. The summed E-state index contributed by atoms with van der Waals surface area (Å²) < 4.78 is 0. The van der Waals surface area contributed by atoms with Gasteiger partial charge in [0.25, 0.3) is 0 Å². The van der Waals surface area contributed by atoms with E-state index < -0.39 is 0 Å². The van der Waals surface area contributed by atoms with Crippen LogP contribution in [0.25, 0.3) is 0 Å². The van der Waals surface area contributed by atoms with E-state index in [0.29, 0.717) is 6.04 Å². The Kier molecular flexibility index (Phi) is 8.04. The second kappa shape index (κ2) is 8.15. The number of nitrogens with one attached hydrogen (secondary N) is 2. The molecule has 0 aromatic heterocycles. The molecule has 1 rings (SSSR count). The molecule has 0 aromatic rings. The van der Waals surface area contributed by atoms with Crippen molar-refractivity contribution in [3.05, 3.63) is 11.5 Å². The predicted molar refractivity (Wildman–Crippen MR) is 63.9 cm³/mol. The highest BCUT2D eigenvalue weighted by Gasteiger charge is 2.13. The highest BCUT2D eigenvalue weighted by Crippen LogP contribution is 2.01. The van der Waals surface area contributed by atoms with E-state index in [4.69, 9.17) is 0 Å². The first-order valence-corrected chi connectivity index (χ1v) is 5.82. The van der Waals surface area contributed by atoms with Crippen LogP contribution >= 0.6 is 24.2 Å². The third kappa shape index (κ3) is 5.52. The van der Waals surface area contributed by atoms with Gasteiger partial charge in [0.15, 0.2) is 0 Å². The van der Waals surface area contributed by atoms with Crippen LogP contribution in [-0.2, 0) is 4.79 Å². The van der Waals surface area contributed by atoms with E-state index in [1.54, 1.807) is 11.5 Å². The molecule has 1 amide bonds. The van der Waals surface area contributed by atoms with Crippen molar-refractivity contribution in [2.75, 3.05) is 19.3 Å². The first-order valence-electron chi connectivity index (χ1n) is 4.53. The van der Waals surface area contributed by atoms with Gasteiger partial charge in [-0.3, -0.25) is 4.79 Å². The molecule has 1 heterocycles. The van der Waals surface area contributed by atoms with Gasteiger partial charge < -0.3 is 10.6 Å². The molecule has 5 heteroatoms. The summed E-state index contributed by atoms with van der Waals surface area (Å²) >= 11 is 1.53. The van der Waals surface area contributed by atoms with Gasteiger partial charge >= 0.3 is 0 Å². The van der Waals surface area contributed by atoms with E-state index in [9.17, 15) is 4.79 Å². The molecule has 14 heavy (non-hydrogen) atoms. The summed E-state index contributed by atoms with van der Waals surface area (Å²) in [6.45, 7) is 1.98. The number of piperidine rings is 1. The molecule has 0 spiro atoms. The number of carbonyl (C=O) groups excluding carboxylic acids is 1. The maximum Gasteiger partial charge on any atom is 0.244 e. The Hall–Kier alpha value is -0.190. The van der Waals surface area contributed by atoms with Gasteiger partial charge in [0.2, 0.25) is 5.91 Å². The van der Waals surface area contributed by atoms with Crippen molar-refractivity contribution in [2.45, 2.75) is 18.9 Å². The number of rotatable bonds is 3. The van der Waals surface area contributed by atoms with Gasteiger partial charge in [0, 0.05) is 18.7 Å². The zero-order chi connectivity index (χ0) is 9.52. The van der Waals surface area contributed by atoms with Crippen molar-refractivity contribution in [1.82, 2.24) is 10.6 Å². The van der Waals surface area contributed by atoms with Crippen LogP contribution in [0.2, 0.25) is 0 Å². The maximum atomic E-state index is 11.2. The van der Waals surface area contributed by atoms with Gasteiger partial charge in [0.05, 0.1) is 0 Å². The number of thioether (sulfide) groups is 1. The molecule has 3 nitrogen and oxygen atoms in total. The fourth-order valence-electron chi connectivity index (χ4n) is 1.35. The lowest BCUT2D eigenvalue weighted by atomic mass is 10.1. The van der Waals surface area contributed by atoms with Crippen LogP contribution in [0.4, 0.5) is 0 Å². The molecule has 0 aliphatic carbocycles. The SMILES string of the molecule is CS/C=C/C(=O)N[C@H]1CCCNC1.Cl. The van der Waals surface area contributed by atoms with Crippen molar-refractivity contribution in [2.24, 2.45) is 0 Å². The van der Waals surface area contributed by atoms with Gasteiger partial charge in [-0.05, 0) is 31.1 Å². The standard InChI is InChI=1S/C9H16N2OS.ClH/c1-13-6-4-9(12)11-8-3-2-5-10-7-8;/h4,6,8,10H,2-3,5,7H2,1H3,(H,11,12);1H/b6-4+;/t8-;/m0./s1.